The maximum absolute atomic E-state index is 11.4. The number of nitrogens with zero attached hydrogens (tertiary/aromatic N) is 2. The van der Waals surface area contributed by atoms with E-state index in [9.17, 15) is 4.79 Å². The van der Waals surface area contributed by atoms with Crippen LogP contribution >= 0.6 is 0 Å². The smallest absolute Gasteiger partial charge is 0.219 e. The van der Waals surface area contributed by atoms with E-state index in [0.29, 0.717) is 18.1 Å². The van der Waals surface area contributed by atoms with E-state index >= 15 is 0 Å². The first kappa shape index (κ1) is 9.97. The van der Waals surface area contributed by atoms with Crippen LogP contribution in [0.2, 0.25) is 0 Å². The molecule has 2 heterocycles. The molecule has 3 nitrogen and oxygen atoms in total. The Morgan fingerprint density at radius 1 is 1.21 bits per heavy atom. The molecule has 2 aliphatic rings. The first-order chi connectivity index (χ1) is 6.61. The average molecular weight is 196 g/mol. The molecule has 0 aromatic rings. The Bertz CT molecular complexity index is 239. The van der Waals surface area contributed by atoms with Crippen LogP contribution in [0.15, 0.2) is 0 Å². The molecule has 0 radical (unpaired) electrons. The van der Waals surface area contributed by atoms with Crippen LogP contribution in [0, 0.1) is 0 Å². The van der Waals surface area contributed by atoms with Gasteiger partial charge in [0, 0.05) is 38.1 Å². The summed E-state index contributed by atoms with van der Waals surface area (Å²) in [4.78, 5) is 16.0. The van der Waals surface area contributed by atoms with Crippen molar-refractivity contribution < 1.29 is 4.79 Å². The largest absolute Gasteiger partial charge is 0.338 e. The molecule has 0 N–H and O–H groups in total. The third kappa shape index (κ3) is 1.44. The van der Waals surface area contributed by atoms with Crippen LogP contribution in [0.1, 0.15) is 33.6 Å². The third-order valence-electron chi connectivity index (χ3n) is 3.69. The van der Waals surface area contributed by atoms with Gasteiger partial charge in [0.1, 0.15) is 0 Å². The molecule has 14 heavy (non-hydrogen) atoms. The average Bonchev–Trinajstić information content (AvgIpc) is 2.59. The molecule has 0 bridgehead atoms. The fourth-order valence-electron chi connectivity index (χ4n) is 3.05. The topological polar surface area (TPSA) is 23.6 Å². The zero-order valence-corrected chi connectivity index (χ0v) is 9.36. The molecule has 0 aliphatic carbocycles. The summed E-state index contributed by atoms with van der Waals surface area (Å²) in [7, 11) is 0. The summed E-state index contributed by atoms with van der Waals surface area (Å²) >= 11 is 0. The minimum Gasteiger partial charge on any atom is -0.338 e. The predicted octanol–water partition coefficient (Wildman–Crippen LogP) is 1.09. The van der Waals surface area contributed by atoms with Crippen molar-refractivity contribution in [3.63, 3.8) is 0 Å². The third-order valence-corrected chi connectivity index (χ3v) is 3.69. The van der Waals surface area contributed by atoms with Gasteiger partial charge in [-0.1, -0.05) is 0 Å². The van der Waals surface area contributed by atoms with E-state index in [1.54, 1.807) is 6.92 Å². The van der Waals surface area contributed by atoms with Crippen molar-refractivity contribution in [3.05, 3.63) is 0 Å². The first-order valence-electron chi connectivity index (χ1n) is 5.64. The normalized spacial score (nSPS) is 32.7. The standard InChI is InChI=1S/C11H20N2O/c1-8(2)12-6-4-11-10(12)5-7-13(11)9(3)14/h8,10-11H,4-7H2,1-3H3/t10-,11-/m1/s1. The molecule has 3 heteroatoms. The fourth-order valence-corrected chi connectivity index (χ4v) is 3.05. The van der Waals surface area contributed by atoms with Gasteiger partial charge in [0.05, 0.1) is 0 Å². The van der Waals surface area contributed by atoms with E-state index < -0.39 is 0 Å². The van der Waals surface area contributed by atoms with Crippen molar-refractivity contribution in [2.45, 2.75) is 51.7 Å². The van der Waals surface area contributed by atoms with Crippen molar-refractivity contribution in [2.24, 2.45) is 0 Å². The molecular formula is C11H20N2O. The molecule has 0 aromatic heterocycles. The lowest BCUT2D eigenvalue weighted by Crippen LogP contribution is -2.40. The molecule has 2 saturated heterocycles. The van der Waals surface area contributed by atoms with E-state index in [2.05, 4.69) is 23.6 Å². The molecule has 2 fully saturated rings. The monoisotopic (exact) mass is 196 g/mol. The summed E-state index contributed by atoms with van der Waals surface area (Å²) in [5, 5.41) is 0. The quantitative estimate of drug-likeness (QED) is 0.627. The Labute approximate surface area is 86.1 Å². The summed E-state index contributed by atoms with van der Waals surface area (Å²) in [5.74, 6) is 0.253. The van der Waals surface area contributed by atoms with Gasteiger partial charge in [-0.05, 0) is 26.7 Å². The number of amides is 1. The zero-order chi connectivity index (χ0) is 10.3. The first-order valence-corrected chi connectivity index (χ1v) is 5.64. The summed E-state index contributed by atoms with van der Waals surface area (Å²) in [6.07, 6.45) is 2.34. The van der Waals surface area contributed by atoms with Gasteiger partial charge in [-0.2, -0.15) is 0 Å². The van der Waals surface area contributed by atoms with Gasteiger partial charge >= 0.3 is 0 Å². The molecular weight excluding hydrogens is 176 g/mol. The molecule has 0 unspecified atom stereocenters. The highest BCUT2D eigenvalue weighted by molar-refractivity contribution is 5.74. The SMILES string of the molecule is CC(=O)N1CC[C@@H]2[C@H]1CCN2C(C)C. The Morgan fingerprint density at radius 2 is 1.86 bits per heavy atom. The number of carbonyl (C=O) groups is 1. The molecule has 2 aliphatic heterocycles. The van der Waals surface area contributed by atoms with Crippen molar-refractivity contribution in [1.82, 2.24) is 9.80 Å². The molecule has 2 atom stereocenters. The maximum Gasteiger partial charge on any atom is 0.219 e. The second-order valence-corrected chi connectivity index (χ2v) is 4.76. The van der Waals surface area contributed by atoms with Crippen molar-refractivity contribution in [3.8, 4) is 0 Å². The highest BCUT2D eigenvalue weighted by Gasteiger charge is 2.43. The van der Waals surface area contributed by atoms with E-state index in [4.69, 9.17) is 0 Å². The van der Waals surface area contributed by atoms with Crippen molar-refractivity contribution in [2.75, 3.05) is 13.1 Å². The number of likely N-dealkylation sites (tertiary alicyclic amines) is 2. The number of hydrogen-bond donors (Lipinski definition) is 0. The van der Waals surface area contributed by atoms with E-state index in [-0.39, 0.29) is 5.91 Å². The Kier molecular flexibility index (Phi) is 2.52. The number of hydrogen-bond acceptors (Lipinski definition) is 2. The molecule has 1 amide bonds. The summed E-state index contributed by atoms with van der Waals surface area (Å²) in [5.41, 5.74) is 0. The highest BCUT2D eigenvalue weighted by Crippen LogP contribution is 2.32. The lowest BCUT2D eigenvalue weighted by atomic mass is 10.1. The maximum atomic E-state index is 11.4. The second kappa shape index (κ2) is 3.54. The van der Waals surface area contributed by atoms with Crippen LogP contribution in [0.5, 0.6) is 0 Å². The number of carbonyl (C=O) groups excluding carboxylic acids is 1. The second-order valence-electron chi connectivity index (χ2n) is 4.76. The Morgan fingerprint density at radius 3 is 2.43 bits per heavy atom. The summed E-state index contributed by atoms with van der Waals surface area (Å²) < 4.78 is 0. The predicted molar refractivity (Wildman–Crippen MR) is 56.0 cm³/mol. The van der Waals surface area contributed by atoms with E-state index in [1.165, 1.54) is 12.8 Å². The van der Waals surface area contributed by atoms with E-state index in [1.807, 2.05) is 0 Å². The van der Waals surface area contributed by atoms with E-state index in [0.717, 1.165) is 13.1 Å². The van der Waals surface area contributed by atoms with Gasteiger partial charge in [0.25, 0.3) is 0 Å². The number of fused-ring (bicyclic) bond motifs is 1. The van der Waals surface area contributed by atoms with Crippen LogP contribution in [-0.4, -0.2) is 46.9 Å². The highest BCUT2D eigenvalue weighted by atomic mass is 16.2. The minimum atomic E-state index is 0.253. The van der Waals surface area contributed by atoms with Gasteiger partial charge in [-0.3, -0.25) is 9.69 Å². The lowest BCUT2D eigenvalue weighted by molar-refractivity contribution is -0.129. The summed E-state index contributed by atoms with van der Waals surface area (Å²) in [6, 6.07) is 1.77. The van der Waals surface area contributed by atoms with Crippen LogP contribution in [-0.2, 0) is 4.79 Å². The minimum absolute atomic E-state index is 0.253. The molecule has 0 spiro atoms. The van der Waals surface area contributed by atoms with Crippen LogP contribution < -0.4 is 0 Å². The van der Waals surface area contributed by atoms with Crippen LogP contribution in [0.4, 0.5) is 0 Å². The number of rotatable bonds is 1. The molecule has 2 rings (SSSR count). The Balaban J connectivity index is 2.08. The fraction of sp³-hybridized carbons (Fsp3) is 0.909. The van der Waals surface area contributed by atoms with Gasteiger partial charge in [0.15, 0.2) is 0 Å². The zero-order valence-electron chi connectivity index (χ0n) is 9.36. The van der Waals surface area contributed by atoms with Crippen LogP contribution in [0.3, 0.4) is 0 Å². The molecule has 0 aromatic carbocycles. The summed E-state index contributed by atoms with van der Waals surface area (Å²) in [6.45, 7) is 8.32. The van der Waals surface area contributed by atoms with Gasteiger partial charge in [-0.25, -0.2) is 0 Å². The van der Waals surface area contributed by atoms with Gasteiger partial charge in [0.2, 0.25) is 5.91 Å². The van der Waals surface area contributed by atoms with Crippen molar-refractivity contribution >= 4 is 5.91 Å². The van der Waals surface area contributed by atoms with Crippen molar-refractivity contribution in [1.29, 1.82) is 0 Å². The van der Waals surface area contributed by atoms with Gasteiger partial charge < -0.3 is 4.90 Å². The molecule has 0 saturated carbocycles. The lowest BCUT2D eigenvalue weighted by Gasteiger charge is -2.27. The van der Waals surface area contributed by atoms with Crippen LogP contribution in [0.25, 0.3) is 0 Å². The molecule has 80 valence electrons. The van der Waals surface area contributed by atoms with Gasteiger partial charge in [-0.15, -0.1) is 0 Å². The Hall–Kier alpha value is -0.570.